The minimum atomic E-state index is 0.258. The Morgan fingerprint density at radius 1 is 1.05 bits per heavy atom. The lowest BCUT2D eigenvalue weighted by Gasteiger charge is -1.99. The van der Waals surface area contributed by atoms with Crippen LogP contribution in [0.1, 0.15) is 18.1 Å². The zero-order valence-corrected chi connectivity index (χ0v) is 12.0. The minimum absolute atomic E-state index is 0.258. The first-order valence-corrected chi connectivity index (χ1v) is 6.90. The third kappa shape index (κ3) is 2.65. The maximum Gasteiger partial charge on any atom is 0.258 e. The average Bonchev–Trinajstić information content (AvgIpc) is 3.00. The van der Waals surface area contributed by atoms with Gasteiger partial charge in [0.25, 0.3) is 5.89 Å². The van der Waals surface area contributed by atoms with Crippen molar-refractivity contribution in [2.45, 2.75) is 20.3 Å². The van der Waals surface area contributed by atoms with Gasteiger partial charge in [-0.25, -0.2) is 0 Å². The summed E-state index contributed by atoms with van der Waals surface area (Å²) in [7, 11) is 0. The highest BCUT2D eigenvalue weighted by molar-refractivity contribution is 5.61. The van der Waals surface area contributed by atoms with Crippen LogP contribution in [-0.2, 0) is 6.42 Å². The van der Waals surface area contributed by atoms with Crippen LogP contribution in [0.2, 0.25) is 0 Å². The second-order valence-corrected chi connectivity index (χ2v) is 4.97. The van der Waals surface area contributed by atoms with Gasteiger partial charge in [0, 0.05) is 11.1 Å². The maximum atomic E-state index is 9.56. The van der Waals surface area contributed by atoms with Crippen LogP contribution >= 0.6 is 0 Å². The Hall–Kier alpha value is -2.62. The summed E-state index contributed by atoms with van der Waals surface area (Å²) in [4.78, 5) is 4.42. The van der Waals surface area contributed by atoms with E-state index in [1.165, 1.54) is 5.56 Å². The summed E-state index contributed by atoms with van der Waals surface area (Å²) < 4.78 is 5.31. The van der Waals surface area contributed by atoms with Crippen LogP contribution in [-0.4, -0.2) is 15.2 Å². The Morgan fingerprint density at radius 3 is 2.43 bits per heavy atom. The fourth-order valence-corrected chi connectivity index (χ4v) is 2.14. The molecule has 0 spiro atoms. The highest BCUT2D eigenvalue weighted by Crippen LogP contribution is 2.26. The van der Waals surface area contributed by atoms with E-state index in [9.17, 15) is 5.11 Å². The second-order valence-electron chi connectivity index (χ2n) is 4.97. The molecule has 3 aromatic rings. The largest absolute Gasteiger partial charge is 0.508 e. The normalized spacial score (nSPS) is 10.8. The average molecular weight is 280 g/mol. The summed E-state index contributed by atoms with van der Waals surface area (Å²) in [5.41, 5.74) is 3.78. The van der Waals surface area contributed by atoms with Crippen molar-refractivity contribution < 1.29 is 9.63 Å². The van der Waals surface area contributed by atoms with Crippen molar-refractivity contribution in [1.82, 2.24) is 10.1 Å². The number of nitrogens with zero attached hydrogens (tertiary/aromatic N) is 2. The molecule has 0 atom stereocenters. The number of hydrogen-bond acceptors (Lipinski definition) is 4. The van der Waals surface area contributed by atoms with Crippen LogP contribution in [0, 0.1) is 6.92 Å². The van der Waals surface area contributed by atoms with Crippen LogP contribution in [0.4, 0.5) is 0 Å². The molecule has 0 bridgehead atoms. The molecule has 0 aliphatic heterocycles. The number of aromatic nitrogens is 2. The van der Waals surface area contributed by atoms with Crippen LogP contribution in [0.25, 0.3) is 22.8 Å². The molecule has 0 aliphatic rings. The van der Waals surface area contributed by atoms with Gasteiger partial charge in [-0.3, -0.25) is 0 Å². The lowest BCUT2D eigenvalue weighted by Crippen LogP contribution is -1.84. The molecule has 0 fully saturated rings. The molecule has 0 aliphatic carbocycles. The van der Waals surface area contributed by atoms with Crippen molar-refractivity contribution in [2.24, 2.45) is 0 Å². The predicted molar refractivity (Wildman–Crippen MR) is 80.9 cm³/mol. The zero-order chi connectivity index (χ0) is 14.8. The predicted octanol–water partition coefficient (Wildman–Crippen LogP) is 3.98. The third-order valence-corrected chi connectivity index (χ3v) is 3.49. The van der Waals surface area contributed by atoms with Gasteiger partial charge >= 0.3 is 0 Å². The summed E-state index contributed by atoms with van der Waals surface area (Å²) in [6.45, 7) is 3.95. The SMILES string of the molecule is CCc1ccc(-c2noc(-c3ccc(O)c(C)c3)n2)cc1. The fourth-order valence-electron chi connectivity index (χ4n) is 2.14. The summed E-state index contributed by atoms with van der Waals surface area (Å²) >= 11 is 0. The number of phenols is 1. The number of aromatic hydroxyl groups is 1. The fraction of sp³-hybridized carbons (Fsp3) is 0.176. The van der Waals surface area contributed by atoms with E-state index in [1.807, 2.05) is 25.1 Å². The van der Waals surface area contributed by atoms with E-state index >= 15 is 0 Å². The molecule has 0 radical (unpaired) electrons. The van der Waals surface area contributed by atoms with E-state index in [0.29, 0.717) is 11.7 Å². The van der Waals surface area contributed by atoms with Gasteiger partial charge in [-0.1, -0.05) is 36.3 Å². The van der Waals surface area contributed by atoms with Crippen LogP contribution in [0.5, 0.6) is 5.75 Å². The zero-order valence-electron chi connectivity index (χ0n) is 12.0. The van der Waals surface area contributed by atoms with Crippen molar-refractivity contribution in [3.05, 3.63) is 53.6 Å². The molecule has 0 saturated heterocycles. The Labute approximate surface area is 123 Å². The Balaban J connectivity index is 1.93. The number of aryl methyl sites for hydroxylation is 2. The van der Waals surface area contributed by atoms with E-state index in [1.54, 1.807) is 12.1 Å². The molecule has 3 rings (SSSR count). The van der Waals surface area contributed by atoms with Gasteiger partial charge < -0.3 is 9.63 Å². The summed E-state index contributed by atoms with van der Waals surface area (Å²) in [5, 5.41) is 13.6. The standard InChI is InChI=1S/C17H16N2O2/c1-3-12-4-6-13(7-5-12)16-18-17(21-19-16)14-8-9-15(20)11(2)10-14/h4-10,20H,3H2,1-2H3. The molecule has 2 aromatic carbocycles. The number of rotatable bonds is 3. The first-order chi connectivity index (χ1) is 10.2. The van der Waals surface area contributed by atoms with Crippen molar-refractivity contribution in [3.8, 4) is 28.6 Å². The quantitative estimate of drug-likeness (QED) is 0.788. The topological polar surface area (TPSA) is 59.2 Å². The van der Waals surface area contributed by atoms with Gasteiger partial charge in [-0.2, -0.15) is 4.98 Å². The van der Waals surface area contributed by atoms with Crippen LogP contribution < -0.4 is 0 Å². The van der Waals surface area contributed by atoms with Crippen molar-refractivity contribution in [2.75, 3.05) is 0 Å². The maximum absolute atomic E-state index is 9.56. The molecular formula is C17H16N2O2. The molecule has 0 unspecified atom stereocenters. The first kappa shape index (κ1) is 13.4. The second kappa shape index (κ2) is 5.40. The van der Waals surface area contributed by atoms with E-state index in [2.05, 4.69) is 29.2 Å². The molecule has 0 amide bonds. The lowest BCUT2D eigenvalue weighted by atomic mass is 10.1. The van der Waals surface area contributed by atoms with Crippen LogP contribution in [0.3, 0.4) is 0 Å². The Morgan fingerprint density at radius 2 is 1.76 bits per heavy atom. The van der Waals surface area contributed by atoms with E-state index in [0.717, 1.165) is 23.1 Å². The molecule has 1 aromatic heterocycles. The summed E-state index contributed by atoms with van der Waals surface area (Å²) in [6, 6.07) is 13.3. The van der Waals surface area contributed by atoms with Gasteiger partial charge in [0.05, 0.1) is 0 Å². The van der Waals surface area contributed by atoms with Gasteiger partial charge in [0.2, 0.25) is 5.82 Å². The number of hydrogen-bond donors (Lipinski definition) is 1. The monoisotopic (exact) mass is 280 g/mol. The van der Waals surface area contributed by atoms with E-state index in [-0.39, 0.29) is 5.75 Å². The van der Waals surface area contributed by atoms with Gasteiger partial charge in [-0.05, 0) is 42.7 Å². The summed E-state index contributed by atoms with van der Waals surface area (Å²) in [6.07, 6.45) is 1.00. The molecule has 1 heterocycles. The van der Waals surface area contributed by atoms with Gasteiger partial charge in [0.15, 0.2) is 0 Å². The van der Waals surface area contributed by atoms with Crippen molar-refractivity contribution in [1.29, 1.82) is 0 Å². The minimum Gasteiger partial charge on any atom is -0.508 e. The van der Waals surface area contributed by atoms with E-state index in [4.69, 9.17) is 4.52 Å². The molecule has 4 heteroatoms. The third-order valence-electron chi connectivity index (χ3n) is 3.49. The number of phenolic OH excluding ortho intramolecular Hbond substituents is 1. The van der Waals surface area contributed by atoms with Gasteiger partial charge in [-0.15, -0.1) is 0 Å². The molecule has 1 N–H and O–H groups in total. The Bertz CT molecular complexity index is 761. The molecule has 0 saturated carbocycles. The Kier molecular flexibility index (Phi) is 3.44. The molecular weight excluding hydrogens is 264 g/mol. The molecule has 4 nitrogen and oxygen atoms in total. The van der Waals surface area contributed by atoms with Crippen LogP contribution in [0.15, 0.2) is 47.0 Å². The van der Waals surface area contributed by atoms with Crippen molar-refractivity contribution in [3.63, 3.8) is 0 Å². The molecule has 106 valence electrons. The van der Waals surface area contributed by atoms with Gasteiger partial charge in [0.1, 0.15) is 5.75 Å². The molecule has 21 heavy (non-hydrogen) atoms. The highest BCUT2D eigenvalue weighted by atomic mass is 16.5. The van der Waals surface area contributed by atoms with E-state index < -0.39 is 0 Å². The summed E-state index contributed by atoms with van der Waals surface area (Å²) in [5.74, 6) is 1.28. The lowest BCUT2D eigenvalue weighted by molar-refractivity contribution is 0.432. The highest BCUT2D eigenvalue weighted by Gasteiger charge is 2.11. The number of benzene rings is 2. The smallest absolute Gasteiger partial charge is 0.258 e. The first-order valence-electron chi connectivity index (χ1n) is 6.90. The van der Waals surface area contributed by atoms with Crippen molar-refractivity contribution >= 4 is 0 Å².